The Morgan fingerprint density at radius 2 is 1.85 bits per heavy atom. The van der Waals surface area contributed by atoms with Gasteiger partial charge >= 0.3 is 0 Å². The van der Waals surface area contributed by atoms with E-state index in [0.29, 0.717) is 4.80 Å². The lowest BCUT2D eigenvalue weighted by Gasteiger charge is -2.02. The number of hydrogen-bond donors (Lipinski definition) is 0. The number of amides is 1. The molecule has 5 nitrogen and oxygen atoms in total. The largest absolute Gasteiger partial charge is 0.319 e. The molecule has 0 unspecified atom stereocenters. The number of sulfone groups is 1. The van der Waals surface area contributed by atoms with Crippen LogP contribution in [0.5, 0.6) is 0 Å². The number of thiazole rings is 1. The Morgan fingerprint density at radius 3 is 2.52 bits per heavy atom. The number of aromatic nitrogens is 1. The number of fused-ring (bicyclic) bond motifs is 1. The Labute approximate surface area is 160 Å². The number of carbonyl (C=O) groups is 1. The Morgan fingerprint density at radius 1 is 1.19 bits per heavy atom. The third-order valence-corrected chi connectivity index (χ3v) is 7.23. The Bertz CT molecular complexity index is 1190. The van der Waals surface area contributed by atoms with Crippen molar-refractivity contribution in [1.82, 2.24) is 4.57 Å². The number of nitrogens with zero attached hydrogens (tertiary/aromatic N) is 2. The van der Waals surface area contributed by atoms with Gasteiger partial charge in [0.2, 0.25) is 5.91 Å². The molecule has 0 N–H and O–H groups in total. The van der Waals surface area contributed by atoms with E-state index in [2.05, 4.69) is 11.1 Å². The molecule has 0 atom stereocenters. The van der Waals surface area contributed by atoms with Crippen LogP contribution >= 0.6 is 11.3 Å². The first-order valence-corrected chi connectivity index (χ1v) is 10.8. The summed E-state index contributed by atoms with van der Waals surface area (Å²) in [7, 11) is -1.83. The summed E-state index contributed by atoms with van der Waals surface area (Å²) in [5.74, 6) is -1.38. The van der Waals surface area contributed by atoms with E-state index < -0.39 is 21.6 Å². The maximum atomic E-state index is 12.9. The molecule has 142 valence electrons. The summed E-state index contributed by atoms with van der Waals surface area (Å²) in [5.41, 5.74) is 3.22. The molecule has 2 aromatic carbocycles. The van der Waals surface area contributed by atoms with E-state index in [4.69, 9.17) is 0 Å². The summed E-state index contributed by atoms with van der Waals surface area (Å²) in [6.07, 6.45) is -0.230. The number of aryl methyl sites for hydroxylation is 3. The van der Waals surface area contributed by atoms with Crippen molar-refractivity contribution >= 4 is 37.3 Å². The molecule has 1 amide bonds. The van der Waals surface area contributed by atoms with E-state index in [1.54, 1.807) is 0 Å². The molecule has 0 aliphatic carbocycles. The molecule has 0 radical (unpaired) electrons. The van der Waals surface area contributed by atoms with E-state index >= 15 is 0 Å². The lowest BCUT2D eigenvalue weighted by atomic mass is 10.1. The molecule has 0 aliphatic rings. The monoisotopic (exact) mass is 406 g/mol. The zero-order chi connectivity index (χ0) is 19.8. The number of carbonyl (C=O) groups excluding carboxylic acids is 1. The SMILES string of the molecule is Cc1cc(C)c2sc(=NC(=O)CCS(=O)(=O)c3ccc(F)cc3)n(C)c2c1. The predicted octanol–water partition coefficient (Wildman–Crippen LogP) is 3.29. The average molecular weight is 407 g/mol. The quantitative estimate of drug-likeness (QED) is 0.625. The van der Waals surface area contributed by atoms with Gasteiger partial charge in [0.15, 0.2) is 14.6 Å². The van der Waals surface area contributed by atoms with Crippen molar-refractivity contribution in [3.63, 3.8) is 0 Å². The molecular weight excluding hydrogens is 387 g/mol. The highest BCUT2D eigenvalue weighted by molar-refractivity contribution is 7.91. The normalized spacial score (nSPS) is 12.7. The van der Waals surface area contributed by atoms with Gasteiger partial charge in [-0.3, -0.25) is 4.79 Å². The van der Waals surface area contributed by atoms with Gasteiger partial charge < -0.3 is 4.57 Å². The van der Waals surface area contributed by atoms with Gasteiger partial charge in [0.05, 0.1) is 20.9 Å². The van der Waals surface area contributed by atoms with E-state index in [9.17, 15) is 17.6 Å². The van der Waals surface area contributed by atoms with Crippen LogP contribution in [0.25, 0.3) is 10.2 Å². The fourth-order valence-electron chi connectivity index (χ4n) is 2.82. The minimum atomic E-state index is -3.66. The standard InChI is InChI=1S/C19H19FN2O3S2/c1-12-10-13(2)18-16(11-12)22(3)19(26-18)21-17(23)8-9-27(24,25)15-6-4-14(20)5-7-15/h4-7,10-11H,8-9H2,1-3H3. The van der Waals surface area contributed by atoms with Crippen molar-refractivity contribution in [2.75, 3.05) is 5.75 Å². The van der Waals surface area contributed by atoms with Gasteiger partial charge in [-0.25, -0.2) is 12.8 Å². The molecule has 8 heteroatoms. The molecule has 0 fully saturated rings. The summed E-state index contributed by atoms with van der Waals surface area (Å²) < 4.78 is 40.4. The van der Waals surface area contributed by atoms with Crippen molar-refractivity contribution in [3.8, 4) is 0 Å². The molecule has 0 saturated heterocycles. The zero-order valence-electron chi connectivity index (χ0n) is 15.2. The Kier molecular flexibility index (Phi) is 5.30. The lowest BCUT2D eigenvalue weighted by molar-refractivity contribution is -0.117. The van der Waals surface area contributed by atoms with Gasteiger partial charge in [0.1, 0.15) is 5.82 Å². The zero-order valence-corrected chi connectivity index (χ0v) is 16.8. The summed E-state index contributed by atoms with van der Waals surface area (Å²) in [6, 6.07) is 8.66. The summed E-state index contributed by atoms with van der Waals surface area (Å²) in [6.45, 7) is 4.01. The van der Waals surface area contributed by atoms with Crippen LogP contribution in [0, 0.1) is 19.7 Å². The Hall–Kier alpha value is -2.32. The first-order chi connectivity index (χ1) is 12.7. The second-order valence-corrected chi connectivity index (χ2v) is 9.49. The first kappa shape index (κ1) is 19.4. The fraction of sp³-hybridized carbons (Fsp3) is 0.263. The van der Waals surface area contributed by atoms with Crippen LogP contribution in [0.3, 0.4) is 0 Å². The van der Waals surface area contributed by atoms with Crippen LogP contribution in [0.4, 0.5) is 4.39 Å². The minimum absolute atomic E-state index is 0.00443. The highest BCUT2D eigenvalue weighted by atomic mass is 32.2. The van der Waals surface area contributed by atoms with Crippen molar-refractivity contribution < 1.29 is 17.6 Å². The molecule has 0 aliphatic heterocycles. The van der Waals surface area contributed by atoms with E-state index in [-0.39, 0.29) is 17.1 Å². The van der Waals surface area contributed by atoms with Gasteiger partial charge in [-0.2, -0.15) is 4.99 Å². The second-order valence-electron chi connectivity index (χ2n) is 6.40. The summed E-state index contributed by atoms with van der Waals surface area (Å²) >= 11 is 1.40. The van der Waals surface area contributed by atoms with Crippen LogP contribution in [0.2, 0.25) is 0 Å². The number of benzene rings is 2. The predicted molar refractivity (Wildman–Crippen MR) is 104 cm³/mol. The molecule has 1 heterocycles. The topological polar surface area (TPSA) is 68.5 Å². The molecule has 3 aromatic rings. The van der Waals surface area contributed by atoms with Crippen LogP contribution in [-0.4, -0.2) is 24.6 Å². The fourth-order valence-corrected chi connectivity index (χ4v) is 5.13. The number of rotatable bonds is 4. The van der Waals surface area contributed by atoms with Crippen molar-refractivity contribution in [1.29, 1.82) is 0 Å². The number of hydrogen-bond acceptors (Lipinski definition) is 4. The maximum Gasteiger partial charge on any atom is 0.249 e. The first-order valence-electron chi connectivity index (χ1n) is 8.30. The Balaban J connectivity index is 1.83. The highest BCUT2D eigenvalue weighted by Crippen LogP contribution is 2.22. The van der Waals surface area contributed by atoms with Gasteiger partial charge in [-0.05, 0) is 55.3 Å². The molecule has 0 bridgehead atoms. The van der Waals surface area contributed by atoms with Crippen molar-refractivity contribution in [2.24, 2.45) is 12.0 Å². The van der Waals surface area contributed by atoms with Gasteiger partial charge in [0.25, 0.3) is 0 Å². The maximum absolute atomic E-state index is 12.9. The van der Waals surface area contributed by atoms with Gasteiger partial charge in [-0.1, -0.05) is 17.4 Å². The van der Waals surface area contributed by atoms with Gasteiger partial charge in [-0.15, -0.1) is 0 Å². The van der Waals surface area contributed by atoms with Gasteiger partial charge in [0, 0.05) is 13.5 Å². The van der Waals surface area contributed by atoms with Crippen LogP contribution in [0.1, 0.15) is 17.5 Å². The second kappa shape index (κ2) is 7.36. The molecule has 1 aromatic heterocycles. The molecule has 3 rings (SSSR count). The molecular formula is C19H19FN2O3S2. The molecule has 27 heavy (non-hydrogen) atoms. The average Bonchev–Trinajstić information content (AvgIpc) is 2.90. The smallest absolute Gasteiger partial charge is 0.249 e. The van der Waals surface area contributed by atoms with Crippen molar-refractivity contribution in [2.45, 2.75) is 25.2 Å². The third-order valence-electron chi connectivity index (χ3n) is 4.22. The molecule has 0 saturated carbocycles. The summed E-state index contributed by atoms with van der Waals surface area (Å²) in [4.78, 5) is 16.8. The van der Waals surface area contributed by atoms with Crippen molar-refractivity contribution in [3.05, 3.63) is 58.1 Å². The van der Waals surface area contributed by atoms with E-state index in [0.717, 1.165) is 33.5 Å². The molecule has 0 spiro atoms. The lowest BCUT2D eigenvalue weighted by Crippen LogP contribution is -2.16. The van der Waals surface area contributed by atoms with Crippen LogP contribution in [-0.2, 0) is 21.7 Å². The van der Waals surface area contributed by atoms with E-state index in [1.165, 1.54) is 23.5 Å². The minimum Gasteiger partial charge on any atom is -0.319 e. The summed E-state index contributed by atoms with van der Waals surface area (Å²) in [5, 5.41) is 0. The van der Waals surface area contributed by atoms with Crippen LogP contribution in [0.15, 0.2) is 46.3 Å². The third kappa shape index (κ3) is 4.17. The highest BCUT2D eigenvalue weighted by Gasteiger charge is 2.17. The van der Waals surface area contributed by atoms with Crippen LogP contribution < -0.4 is 4.80 Å². The number of halogens is 1. The van der Waals surface area contributed by atoms with E-state index in [1.807, 2.05) is 31.5 Å².